The minimum Gasteiger partial charge on any atom is -0.467 e. The first-order chi connectivity index (χ1) is 13.5. The topological polar surface area (TPSA) is 93.7 Å². The Balaban J connectivity index is 1.60. The number of hydrogen-bond donors (Lipinski definition) is 2. The van der Waals surface area contributed by atoms with Gasteiger partial charge in [-0.25, -0.2) is 9.59 Å². The summed E-state index contributed by atoms with van der Waals surface area (Å²) in [6.07, 6.45) is 0.273. The van der Waals surface area contributed by atoms with Crippen LogP contribution >= 0.6 is 0 Å². The Labute approximate surface area is 163 Å². The number of benzene rings is 2. The fraction of sp³-hybridized carbons (Fsp3) is 0.286. The summed E-state index contributed by atoms with van der Waals surface area (Å²) in [5, 5.41) is 5.31. The molecule has 2 aromatic rings. The zero-order valence-electron chi connectivity index (χ0n) is 15.5. The molecule has 0 saturated heterocycles. The van der Waals surface area contributed by atoms with Crippen LogP contribution < -0.4 is 10.6 Å². The second-order valence-corrected chi connectivity index (χ2v) is 6.61. The quantitative estimate of drug-likeness (QED) is 0.718. The Kier molecular flexibility index (Phi) is 5.93. The molecule has 2 N–H and O–H groups in total. The first kappa shape index (κ1) is 19.4. The van der Waals surface area contributed by atoms with Gasteiger partial charge in [-0.3, -0.25) is 4.79 Å². The van der Waals surface area contributed by atoms with Crippen LogP contribution in [0.15, 0.2) is 60.7 Å². The number of rotatable bonds is 7. The number of alkyl carbamates (subject to hydrolysis) is 1. The molecule has 0 bridgehead atoms. The average molecular weight is 382 g/mol. The highest BCUT2D eigenvalue weighted by Gasteiger charge is 2.52. The van der Waals surface area contributed by atoms with E-state index in [1.165, 1.54) is 7.11 Å². The highest BCUT2D eigenvalue weighted by Crippen LogP contribution is 2.36. The van der Waals surface area contributed by atoms with Crippen LogP contribution in [0.3, 0.4) is 0 Å². The van der Waals surface area contributed by atoms with Gasteiger partial charge in [0, 0.05) is 0 Å². The average Bonchev–Trinajstić information content (AvgIpc) is 3.52. The number of carbonyl (C=O) groups is 3. The van der Waals surface area contributed by atoms with Crippen molar-refractivity contribution >= 4 is 18.0 Å². The first-order valence-electron chi connectivity index (χ1n) is 8.97. The van der Waals surface area contributed by atoms with E-state index in [1.54, 1.807) is 24.3 Å². The van der Waals surface area contributed by atoms with Gasteiger partial charge in [-0.05, 0) is 24.0 Å². The van der Waals surface area contributed by atoms with Gasteiger partial charge in [0.05, 0.1) is 7.11 Å². The Morgan fingerprint density at radius 1 is 1.00 bits per heavy atom. The summed E-state index contributed by atoms with van der Waals surface area (Å²) in [5.74, 6) is -1.02. The molecule has 0 radical (unpaired) electrons. The van der Waals surface area contributed by atoms with E-state index in [1.807, 2.05) is 36.4 Å². The van der Waals surface area contributed by atoms with Gasteiger partial charge < -0.3 is 20.1 Å². The summed E-state index contributed by atoms with van der Waals surface area (Å²) < 4.78 is 9.99. The summed E-state index contributed by atoms with van der Waals surface area (Å²) in [4.78, 5) is 37.0. The molecular weight excluding hydrogens is 360 g/mol. The Morgan fingerprint density at radius 2 is 1.61 bits per heavy atom. The number of carbonyl (C=O) groups excluding carboxylic acids is 3. The molecule has 0 aliphatic heterocycles. The molecule has 2 aromatic carbocycles. The first-order valence-corrected chi connectivity index (χ1v) is 8.97. The number of nitrogens with one attached hydrogen (secondary N) is 2. The van der Waals surface area contributed by atoms with Gasteiger partial charge in [0.2, 0.25) is 5.91 Å². The van der Waals surface area contributed by atoms with Gasteiger partial charge in [0.1, 0.15) is 12.1 Å². The molecule has 0 aromatic heterocycles. The van der Waals surface area contributed by atoms with Gasteiger partial charge in [0.15, 0.2) is 6.04 Å². The summed E-state index contributed by atoms with van der Waals surface area (Å²) in [7, 11) is 1.26. The van der Waals surface area contributed by atoms with Crippen LogP contribution in [0.5, 0.6) is 0 Å². The van der Waals surface area contributed by atoms with E-state index in [0.29, 0.717) is 18.4 Å². The summed E-state index contributed by atoms with van der Waals surface area (Å²) in [6.45, 7) is 0.110. The molecule has 1 atom stereocenters. The Morgan fingerprint density at radius 3 is 2.18 bits per heavy atom. The molecule has 0 spiro atoms. The smallest absolute Gasteiger partial charge is 0.408 e. The van der Waals surface area contributed by atoms with Crippen molar-refractivity contribution in [2.75, 3.05) is 7.11 Å². The van der Waals surface area contributed by atoms with Crippen LogP contribution in [-0.4, -0.2) is 30.6 Å². The maximum atomic E-state index is 12.8. The molecular formula is C21H22N2O5. The molecule has 2 amide bonds. The van der Waals surface area contributed by atoms with Gasteiger partial charge in [-0.2, -0.15) is 0 Å². The van der Waals surface area contributed by atoms with E-state index >= 15 is 0 Å². The second kappa shape index (κ2) is 8.56. The minimum absolute atomic E-state index is 0.110. The highest BCUT2D eigenvalue weighted by molar-refractivity contribution is 5.95. The van der Waals surface area contributed by atoms with Gasteiger partial charge in [-0.15, -0.1) is 0 Å². The lowest BCUT2D eigenvalue weighted by Crippen LogP contribution is -2.51. The van der Waals surface area contributed by atoms with Crippen LogP contribution in [0, 0.1) is 0 Å². The molecule has 7 heteroatoms. The van der Waals surface area contributed by atoms with E-state index in [-0.39, 0.29) is 6.61 Å². The highest BCUT2D eigenvalue weighted by atomic mass is 16.5. The summed E-state index contributed by atoms with van der Waals surface area (Å²) in [5.41, 5.74) is 0.390. The van der Waals surface area contributed by atoms with Crippen molar-refractivity contribution in [2.24, 2.45) is 0 Å². The molecule has 3 rings (SSSR count). The van der Waals surface area contributed by atoms with Crippen molar-refractivity contribution in [1.29, 1.82) is 0 Å². The molecule has 1 fully saturated rings. The molecule has 0 unspecified atom stereocenters. The number of esters is 1. The van der Waals surface area contributed by atoms with E-state index in [0.717, 1.165) is 5.56 Å². The van der Waals surface area contributed by atoms with Crippen LogP contribution in [0.25, 0.3) is 0 Å². The fourth-order valence-corrected chi connectivity index (χ4v) is 2.80. The Bertz CT molecular complexity index is 834. The van der Waals surface area contributed by atoms with E-state index < -0.39 is 29.6 Å². The van der Waals surface area contributed by atoms with Crippen LogP contribution in [-0.2, 0) is 25.7 Å². The van der Waals surface area contributed by atoms with Crippen LogP contribution in [0.2, 0.25) is 0 Å². The number of methoxy groups -OCH3 is 1. The third-order valence-corrected chi connectivity index (χ3v) is 4.58. The zero-order chi connectivity index (χ0) is 20.0. The lowest BCUT2D eigenvalue weighted by atomic mass is 10.1. The van der Waals surface area contributed by atoms with E-state index in [4.69, 9.17) is 9.47 Å². The lowest BCUT2D eigenvalue weighted by Gasteiger charge is -2.22. The van der Waals surface area contributed by atoms with Crippen molar-refractivity contribution in [3.8, 4) is 0 Å². The maximum Gasteiger partial charge on any atom is 0.408 e. The third kappa shape index (κ3) is 4.68. The van der Waals surface area contributed by atoms with Gasteiger partial charge in [0.25, 0.3) is 0 Å². The van der Waals surface area contributed by atoms with Crippen molar-refractivity contribution in [3.63, 3.8) is 0 Å². The van der Waals surface area contributed by atoms with Crippen molar-refractivity contribution < 1.29 is 23.9 Å². The maximum absolute atomic E-state index is 12.8. The molecule has 28 heavy (non-hydrogen) atoms. The molecule has 7 nitrogen and oxygen atoms in total. The molecule has 1 aliphatic carbocycles. The normalized spacial score (nSPS) is 15.0. The van der Waals surface area contributed by atoms with Crippen LogP contribution in [0.1, 0.15) is 30.0 Å². The third-order valence-electron chi connectivity index (χ3n) is 4.58. The van der Waals surface area contributed by atoms with Gasteiger partial charge >= 0.3 is 12.1 Å². The second-order valence-electron chi connectivity index (χ2n) is 6.61. The monoisotopic (exact) mass is 382 g/mol. The predicted octanol–water partition coefficient (Wildman–Crippen LogP) is 2.48. The standard InChI is InChI=1S/C21H22N2O5/c1-27-18(24)17(16-10-6-3-7-11-16)22-19(25)21(12-13-21)23-20(26)28-14-15-8-4-2-5-9-15/h2-11,17H,12-14H2,1H3,(H,22,25)(H,23,26)/t17-/m0/s1. The predicted molar refractivity (Wildman–Crippen MR) is 101 cm³/mol. The molecule has 146 valence electrons. The van der Waals surface area contributed by atoms with Crippen molar-refractivity contribution in [1.82, 2.24) is 10.6 Å². The lowest BCUT2D eigenvalue weighted by molar-refractivity contribution is -0.145. The van der Waals surface area contributed by atoms with Crippen molar-refractivity contribution in [3.05, 3.63) is 71.8 Å². The Hall–Kier alpha value is -3.35. The van der Waals surface area contributed by atoms with Crippen LogP contribution in [0.4, 0.5) is 4.79 Å². The van der Waals surface area contributed by atoms with E-state index in [2.05, 4.69) is 10.6 Å². The van der Waals surface area contributed by atoms with Crippen molar-refractivity contribution in [2.45, 2.75) is 31.0 Å². The molecule has 1 aliphatic rings. The summed E-state index contributed by atoms with van der Waals surface area (Å²) >= 11 is 0. The number of ether oxygens (including phenoxy) is 2. The van der Waals surface area contributed by atoms with E-state index in [9.17, 15) is 14.4 Å². The van der Waals surface area contributed by atoms with Gasteiger partial charge in [-0.1, -0.05) is 60.7 Å². The summed E-state index contributed by atoms with van der Waals surface area (Å²) in [6, 6.07) is 17.1. The molecule has 1 saturated carbocycles. The molecule has 0 heterocycles. The number of hydrogen-bond acceptors (Lipinski definition) is 5. The largest absolute Gasteiger partial charge is 0.467 e. The minimum atomic E-state index is -1.06. The number of amides is 2. The fourth-order valence-electron chi connectivity index (χ4n) is 2.80. The zero-order valence-corrected chi connectivity index (χ0v) is 15.5. The SMILES string of the molecule is COC(=O)[C@@H](NC(=O)C1(NC(=O)OCc2ccccc2)CC1)c1ccccc1.